The number of hydrogen-bond acceptors (Lipinski definition) is 2. The zero-order valence-corrected chi connectivity index (χ0v) is 12.5. The fourth-order valence-corrected chi connectivity index (χ4v) is 2.63. The normalized spacial score (nSPS) is 11.3. The molecule has 0 fully saturated rings. The van der Waals surface area contributed by atoms with Crippen LogP contribution in [0.4, 0.5) is 19.1 Å². The summed E-state index contributed by atoms with van der Waals surface area (Å²) in [6, 6.07) is 4.43. The van der Waals surface area contributed by atoms with Gasteiger partial charge in [0.15, 0.2) is 11.6 Å². The van der Waals surface area contributed by atoms with Gasteiger partial charge >= 0.3 is 0 Å². The van der Waals surface area contributed by atoms with Crippen LogP contribution in [-0.4, -0.2) is 9.55 Å². The average Bonchev–Trinajstić information content (AvgIpc) is 2.66. The highest BCUT2D eigenvalue weighted by Gasteiger charge is 2.19. The van der Waals surface area contributed by atoms with Crippen LogP contribution in [0.3, 0.4) is 0 Å². The smallest absolute Gasteiger partial charge is 0.206 e. The van der Waals surface area contributed by atoms with Crippen molar-refractivity contribution in [2.24, 2.45) is 0 Å². The Balaban J connectivity index is 2.41. The number of imidazole rings is 1. The van der Waals surface area contributed by atoms with E-state index in [2.05, 4.69) is 20.9 Å². The third-order valence-electron chi connectivity index (χ3n) is 2.93. The van der Waals surface area contributed by atoms with Crippen LogP contribution in [0.1, 0.15) is 0 Å². The van der Waals surface area contributed by atoms with E-state index in [9.17, 15) is 13.2 Å². The van der Waals surface area contributed by atoms with E-state index in [1.807, 2.05) is 0 Å². The number of nitrogens with two attached hydrogens (primary N) is 1. The van der Waals surface area contributed by atoms with Gasteiger partial charge in [-0.05, 0) is 18.2 Å². The minimum atomic E-state index is -0.858. The van der Waals surface area contributed by atoms with Crippen LogP contribution in [-0.2, 0) is 0 Å². The Morgan fingerprint density at radius 1 is 1.05 bits per heavy atom. The maximum atomic E-state index is 14.1. The number of anilines is 1. The van der Waals surface area contributed by atoms with Gasteiger partial charge in [0.2, 0.25) is 5.95 Å². The summed E-state index contributed by atoms with van der Waals surface area (Å²) in [4.78, 5) is 3.94. The summed E-state index contributed by atoms with van der Waals surface area (Å²) in [5, 5.41) is -0.149. The number of halogens is 5. The molecule has 0 atom stereocenters. The molecule has 0 unspecified atom stereocenters. The van der Waals surface area contributed by atoms with Crippen molar-refractivity contribution in [1.29, 1.82) is 0 Å². The Hall–Kier alpha value is -1.73. The van der Waals surface area contributed by atoms with E-state index in [4.69, 9.17) is 17.3 Å². The topological polar surface area (TPSA) is 43.8 Å². The minimum Gasteiger partial charge on any atom is -0.369 e. The number of aromatic nitrogens is 2. The van der Waals surface area contributed by atoms with Gasteiger partial charge in [-0.1, -0.05) is 27.5 Å². The van der Waals surface area contributed by atoms with Gasteiger partial charge in [0.1, 0.15) is 11.5 Å². The number of fused-ring (bicyclic) bond motifs is 1. The quantitative estimate of drug-likeness (QED) is 0.682. The monoisotopic (exact) mass is 375 g/mol. The number of hydrogen-bond donors (Lipinski definition) is 1. The Bertz CT molecular complexity index is 856. The second-order valence-corrected chi connectivity index (χ2v) is 5.60. The van der Waals surface area contributed by atoms with Crippen molar-refractivity contribution in [1.82, 2.24) is 9.55 Å². The van der Waals surface area contributed by atoms with Crippen molar-refractivity contribution in [3.63, 3.8) is 0 Å². The SMILES string of the molecule is Nc1nc2cc(Cl)c(F)cc2n1-c1c(F)cc(Br)cc1F. The van der Waals surface area contributed by atoms with E-state index in [-0.39, 0.29) is 26.5 Å². The summed E-state index contributed by atoms with van der Waals surface area (Å²) in [5.41, 5.74) is 5.63. The molecule has 8 heteroatoms. The summed E-state index contributed by atoms with van der Waals surface area (Å²) in [7, 11) is 0. The van der Waals surface area contributed by atoms with Crippen LogP contribution in [0.25, 0.3) is 16.7 Å². The van der Waals surface area contributed by atoms with Gasteiger partial charge in [-0.25, -0.2) is 18.2 Å². The summed E-state index contributed by atoms with van der Waals surface area (Å²) >= 11 is 8.65. The van der Waals surface area contributed by atoms with E-state index in [1.165, 1.54) is 6.07 Å². The van der Waals surface area contributed by atoms with E-state index >= 15 is 0 Å². The van der Waals surface area contributed by atoms with E-state index < -0.39 is 23.1 Å². The average molecular weight is 377 g/mol. The van der Waals surface area contributed by atoms with Crippen LogP contribution in [0.2, 0.25) is 5.02 Å². The van der Waals surface area contributed by atoms with Crippen molar-refractivity contribution in [3.8, 4) is 5.69 Å². The molecular weight excluding hydrogens is 371 g/mol. The number of benzene rings is 2. The van der Waals surface area contributed by atoms with Gasteiger partial charge in [-0.15, -0.1) is 0 Å². The van der Waals surface area contributed by atoms with Crippen LogP contribution in [0.5, 0.6) is 0 Å². The third kappa shape index (κ3) is 2.26. The Labute approximate surface area is 130 Å². The molecule has 0 spiro atoms. The van der Waals surface area contributed by atoms with Crippen molar-refractivity contribution in [2.75, 3.05) is 5.73 Å². The van der Waals surface area contributed by atoms with Gasteiger partial charge in [-0.2, -0.15) is 0 Å². The summed E-state index contributed by atoms with van der Waals surface area (Å²) < 4.78 is 43.0. The number of rotatable bonds is 1. The molecule has 0 aliphatic rings. The highest BCUT2D eigenvalue weighted by molar-refractivity contribution is 9.10. The van der Waals surface area contributed by atoms with Crippen LogP contribution >= 0.6 is 27.5 Å². The maximum absolute atomic E-state index is 14.1. The number of nitrogens with zero attached hydrogens (tertiary/aromatic N) is 2. The lowest BCUT2D eigenvalue weighted by molar-refractivity contribution is 0.570. The Morgan fingerprint density at radius 3 is 2.29 bits per heavy atom. The summed E-state index contributed by atoms with van der Waals surface area (Å²) in [6.45, 7) is 0. The van der Waals surface area contributed by atoms with Crippen molar-refractivity contribution in [2.45, 2.75) is 0 Å². The van der Waals surface area contributed by atoms with Gasteiger partial charge in [0.05, 0.1) is 16.1 Å². The number of nitrogen functional groups attached to an aromatic ring is 1. The van der Waals surface area contributed by atoms with Gasteiger partial charge in [-0.3, -0.25) is 4.57 Å². The molecule has 0 saturated carbocycles. The second-order valence-electron chi connectivity index (χ2n) is 4.28. The molecule has 0 aliphatic carbocycles. The lowest BCUT2D eigenvalue weighted by Gasteiger charge is -2.10. The lowest BCUT2D eigenvalue weighted by Crippen LogP contribution is -2.06. The van der Waals surface area contributed by atoms with Gasteiger partial charge < -0.3 is 5.73 Å². The standard InChI is InChI=1S/C13H6BrClF3N3/c14-5-1-8(17)12(9(18)2-5)21-11-4-7(16)6(15)3-10(11)20-13(21)19/h1-4H,(H2,19,20). The zero-order valence-electron chi connectivity index (χ0n) is 10.2. The van der Waals surface area contributed by atoms with Crippen LogP contribution < -0.4 is 5.73 Å². The molecule has 3 nitrogen and oxygen atoms in total. The molecule has 1 heterocycles. The summed E-state index contributed by atoms with van der Waals surface area (Å²) in [6.07, 6.45) is 0. The first kappa shape index (κ1) is 14.2. The molecule has 0 amide bonds. The molecule has 0 radical (unpaired) electrons. The van der Waals surface area contributed by atoms with E-state index in [0.29, 0.717) is 0 Å². The first-order valence-electron chi connectivity index (χ1n) is 5.66. The van der Waals surface area contributed by atoms with Crippen molar-refractivity contribution >= 4 is 44.5 Å². The molecule has 2 aromatic carbocycles. The largest absolute Gasteiger partial charge is 0.369 e. The molecule has 3 rings (SSSR count). The van der Waals surface area contributed by atoms with E-state index in [1.54, 1.807) is 0 Å². The van der Waals surface area contributed by atoms with Crippen LogP contribution in [0, 0.1) is 17.5 Å². The highest BCUT2D eigenvalue weighted by Crippen LogP contribution is 2.31. The maximum Gasteiger partial charge on any atom is 0.206 e. The molecular formula is C13H6BrClF3N3. The first-order valence-corrected chi connectivity index (χ1v) is 6.83. The molecule has 0 aliphatic heterocycles. The molecule has 21 heavy (non-hydrogen) atoms. The molecule has 0 saturated heterocycles. The second kappa shape index (κ2) is 4.92. The highest BCUT2D eigenvalue weighted by atomic mass is 79.9. The molecule has 1 aromatic heterocycles. The molecule has 108 valence electrons. The molecule has 3 aromatic rings. The van der Waals surface area contributed by atoms with Gasteiger partial charge in [0, 0.05) is 10.5 Å². The fraction of sp³-hybridized carbons (Fsp3) is 0. The van der Waals surface area contributed by atoms with Crippen molar-refractivity contribution in [3.05, 3.63) is 51.2 Å². The summed E-state index contributed by atoms with van der Waals surface area (Å²) in [5.74, 6) is -2.62. The third-order valence-corrected chi connectivity index (χ3v) is 3.68. The predicted molar refractivity (Wildman–Crippen MR) is 78.1 cm³/mol. The predicted octanol–water partition coefficient (Wildman–Crippen LogP) is 4.44. The minimum absolute atomic E-state index is 0.120. The van der Waals surface area contributed by atoms with Crippen molar-refractivity contribution < 1.29 is 13.2 Å². The van der Waals surface area contributed by atoms with Crippen LogP contribution in [0.15, 0.2) is 28.7 Å². The van der Waals surface area contributed by atoms with E-state index in [0.717, 1.165) is 22.8 Å². The fourth-order valence-electron chi connectivity index (χ4n) is 2.07. The Kier molecular flexibility index (Phi) is 3.33. The molecule has 0 bridgehead atoms. The Morgan fingerprint density at radius 2 is 1.67 bits per heavy atom. The molecule has 2 N–H and O–H groups in total. The van der Waals surface area contributed by atoms with Gasteiger partial charge in [0.25, 0.3) is 0 Å². The zero-order chi connectivity index (χ0) is 15.3. The lowest BCUT2D eigenvalue weighted by atomic mass is 10.2. The first-order chi connectivity index (χ1) is 9.88.